The summed E-state index contributed by atoms with van der Waals surface area (Å²) in [4.78, 5) is 4.41. The molecule has 1 aromatic rings. The Balaban J connectivity index is 1.64. The molecule has 3 rings (SSSR count). The van der Waals surface area contributed by atoms with Crippen molar-refractivity contribution in [1.82, 2.24) is 20.1 Å². The largest absolute Gasteiger partial charge is 0.307 e. The van der Waals surface area contributed by atoms with Crippen molar-refractivity contribution in [2.24, 2.45) is 11.8 Å². The molecule has 1 N–H and O–H groups in total. The molecule has 0 saturated heterocycles. The van der Waals surface area contributed by atoms with Crippen LogP contribution in [0.25, 0.3) is 0 Å². The second kappa shape index (κ2) is 5.45. The Morgan fingerprint density at radius 3 is 3.16 bits per heavy atom. The van der Waals surface area contributed by atoms with Crippen LogP contribution in [0.15, 0.2) is 18.0 Å². The van der Waals surface area contributed by atoms with Gasteiger partial charge >= 0.3 is 0 Å². The Morgan fingerprint density at radius 2 is 2.32 bits per heavy atom. The topological polar surface area (TPSA) is 42.7 Å². The third-order valence-electron chi connectivity index (χ3n) is 4.76. The number of allylic oxidation sites excluding steroid dienone is 1. The van der Waals surface area contributed by atoms with Gasteiger partial charge in [0.1, 0.15) is 12.2 Å². The van der Waals surface area contributed by atoms with E-state index in [9.17, 15) is 0 Å². The predicted octanol–water partition coefficient (Wildman–Crippen LogP) is 2.70. The van der Waals surface area contributed by atoms with Crippen molar-refractivity contribution in [3.63, 3.8) is 0 Å². The fraction of sp³-hybridized carbons (Fsp3) is 0.733. The molecule has 4 nitrogen and oxygen atoms in total. The lowest BCUT2D eigenvalue weighted by atomic mass is 9.80. The molecule has 2 aliphatic rings. The average Bonchev–Trinajstić information content (AvgIpc) is 2.87. The van der Waals surface area contributed by atoms with E-state index < -0.39 is 0 Å². The summed E-state index contributed by atoms with van der Waals surface area (Å²) >= 11 is 0. The van der Waals surface area contributed by atoms with E-state index in [1.54, 1.807) is 11.9 Å². The SMILES string of the molecule is CC1=CCC[C@H](C)[C@@H]1CN[C@H]1CCCn2ncnc21. The molecule has 0 spiro atoms. The lowest BCUT2D eigenvalue weighted by Gasteiger charge is -2.31. The van der Waals surface area contributed by atoms with Gasteiger partial charge in [0.05, 0.1) is 6.04 Å². The van der Waals surface area contributed by atoms with E-state index in [2.05, 4.69) is 35.3 Å². The molecule has 0 radical (unpaired) electrons. The summed E-state index contributed by atoms with van der Waals surface area (Å²) in [6.07, 6.45) is 9.05. The molecule has 19 heavy (non-hydrogen) atoms. The highest BCUT2D eigenvalue weighted by Gasteiger charge is 2.26. The monoisotopic (exact) mass is 260 g/mol. The first kappa shape index (κ1) is 12.9. The molecule has 1 aliphatic carbocycles. The van der Waals surface area contributed by atoms with E-state index >= 15 is 0 Å². The molecule has 0 amide bonds. The van der Waals surface area contributed by atoms with Crippen LogP contribution in [0, 0.1) is 11.8 Å². The number of nitrogens with one attached hydrogen (secondary N) is 1. The minimum absolute atomic E-state index is 0.387. The Hall–Kier alpha value is -1.16. The normalized spacial score (nSPS) is 30.8. The van der Waals surface area contributed by atoms with Crippen LogP contribution in [0.2, 0.25) is 0 Å². The van der Waals surface area contributed by atoms with E-state index in [0.717, 1.165) is 24.8 Å². The first-order valence-corrected chi connectivity index (χ1v) is 7.53. The van der Waals surface area contributed by atoms with Gasteiger partial charge in [0, 0.05) is 13.1 Å². The summed E-state index contributed by atoms with van der Waals surface area (Å²) < 4.78 is 2.05. The Bertz CT molecular complexity index is 462. The van der Waals surface area contributed by atoms with Crippen LogP contribution in [0.4, 0.5) is 0 Å². The zero-order chi connectivity index (χ0) is 13.2. The fourth-order valence-electron chi connectivity index (χ4n) is 3.49. The van der Waals surface area contributed by atoms with Crippen molar-refractivity contribution >= 4 is 0 Å². The van der Waals surface area contributed by atoms with Gasteiger partial charge in [-0.15, -0.1) is 0 Å². The van der Waals surface area contributed by atoms with Gasteiger partial charge in [0.15, 0.2) is 0 Å². The van der Waals surface area contributed by atoms with Crippen LogP contribution >= 0.6 is 0 Å². The zero-order valence-electron chi connectivity index (χ0n) is 12.0. The third kappa shape index (κ3) is 2.59. The third-order valence-corrected chi connectivity index (χ3v) is 4.76. The molecule has 0 saturated carbocycles. The maximum Gasteiger partial charge on any atom is 0.143 e. The van der Waals surface area contributed by atoms with Gasteiger partial charge in [-0.2, -0.15) is 5.10 Å². The molecule has 1 aromatic heterocycles. The lowest BCUT2D eigenvalue weighted by Crippen LogP contribution is -2.35. The van der Waals surface area contributed by atoms with Gasteiger partial charge < -0.3 is 5.32 Å². The Labute approximate surface area is 115 Å². The molecule has 4 heteroatoms. The maximum absolute atomic E-state index is 4.41. The van der Waals surface area contributed by atoms with Gasteiger partial charge in [0.2, 0.25) is 0 Å². The van der Waals surface area contributed by atoms with Crippen LogP contribution in [0.1, 0.15) is 51.4 Å². The maximum atomic E-state index is 4.41. The quantitative estimate of drug-likeness (QED) is 0.850. The molecule has 0 fully saturated rings. The van der Waals surface area contributed by atoms with Crippen molar-refractivity contribution in [3.8, 4) is 0 Å². The Morgan fingerprint density at radius 1 is 1.42 bits per heavy atom. The minimum atomic E-state index is 0.387. The molecular formula is C15H24N4. The highest BCUT2D eigenvalue weighted by atomic mass is 15.3. The second-order valence-corrected chi connectivity index (χ2v) is 6.05. The van der Waals surface area contributed by atoms with E-state index in [1.807, 2.05) is 4.68 Å². The van der Waals surface area contributed by atoms with E-state index in [0.29, 0.717) is 12.0 Å². The van der Waals surface area contributed by atoms with Crippen molar-refractivity contribution in [2.75, 3.05) is 6.54 Å². The van der Waals surface area contributed by atoms with Crippen LogP contribution in [0.5, 0.6) is 0 Å². The van der Waals surface area contributed by atoms with E-state index in [1.165, 1.54) is 25.7 Å². The summed E-state index contributed by atoms with van der Waals surface area (Å²) in [6.45, 7) is 6.75. The van der Waals surface area contributed by atoms with Crippen molar-refractivity contribution in [3.05, 3.63) is 23.8 Å². The van der Waals surface area contributed by atoms with Crippen LogP contribution in [-0.2, 0) is 6.54 Å². The summed E-state index contributed by atoms with van der Waals surface area (Å²) in [5, 5.41) is 8.02. The number of rotatable bonds is 3. The van der Waals surface area contributed by atoms with Crippen LogP contribution < -0.4 is 5.32 Å². The molecular weight excluding hydrogens is 236 g/mol. The fourth-order valence-corrected chi connectivity index (χ4v) is 3.49. The highest BCUT2D eigenvalue weighted by molar-refractivity contribution is 5.10. The number of aryl methyl sites for hydroxylation is 1. The second-order valence-electron chi connectivity index (χ2n) is 6.05. The number of hydrogen-bond acceptors (Lipinski definition) is 3. The molecule has 0 bridgehead atoms. The minimum Gasteiger partial charge on any atom is -0.307 e. The van der Waals surface area contributed by atoms with Gasteiger partial charge in [-0.3, -0.25) is 0 Å². The highest BCUT2D eigenvalue weighted by Crippen LogP contribution is 2.30. The molecule has 0 aromatic carbocycles. The van der Waals surface area contributed by atoms with Crippen LogP contribution in [0.3, 0.4) is 0 Å². The first-order chi connectivity index (χ1) is 9.25. The summed E-state index contributed by atoms with van der Waals surface area (Å²) in [5.74, 6) is 2.60. The van der Waals surface area contributed by atoms with Crippen molar-refractivity contribution in [1.29, 1.82) is 0 Å². The van der Waals surface area contributed by atoms with Gasteiger partial charge in [-0.25, -0.2) is 9.67 Å². The standard InChI is InChI=1S/C15H24N4/c1-11-5-3-6-12(2)13(11)9-16-14-7-4-8-19-15(14)17-10-18-19/h5,10,12-14,16H,3-4,6-9H2,1-2H3/t12-,13+,14-/m0/s1. The van der Waals surface area contributed by atoms with E-state index in [-0.39, 0.29) is 0 Å². The van der Waals surface area contributed by atoms with E-state index in [4.69, 9.17) is 0 Å². The summed E-state index contributed by atoms with van der Waals surface area (Å²) in [7, 11) is 0. The van der Waals surface area contributed by atoms with Crippen molar-refractivity contribution < 1.29 is 0 Å². The number of aromatic nitrogens is 3. The van der Waals surface area contributed by atoms with Crippen molar-refractivity contribution in [2.45, 2.75) is 52.1 Å². The number of hydrogen-bond donors (Lipinski definition) is 1. The first-order valence-electron chi connectivity index (χ1n) is 7.53. The number of nitrogens with zero attached hydrogens (tertiary/aromatic N) is 3. The zero-order valence-corrected chi connectivity index (χ0v) is 12.0. The Kier molecular flexibility index (Phi) is 3.69. The van der Waals surface area contributed by atoms with Crippen LogP contribution in [-0.4, -0.2) is 21.3 Å². The summed E-state index contributed by atoms with van der Waals surface area (Å²) in [6, 6.07) is 0.387. The average molecular weight is 260 g/mol. The predicted molar refractivity (Wildman–Crippen MR) is 75.6 cm³/mol. The smallest absolute Gasteiger partial charge is 0.143 e. The molecule has 2 heterocycles. The van der Waals surface area contributed by atoms with Gasteiger partial charge in [-0.05, 0) is 44.4 Å². The molecule has 104 valence electrons. The molecule has 1 aliphatic heterocycles. The van der Waals surface area contributed by atoms with Gasteiger partial charge in [0.25, 0.3) is 0 Å². The summed E-state index contributed by atoms with van der Waals surface area (Å²) in [5.41, 5.74) is 1.56. The molecule has 0 unspecified atom stereocenters. The number of fused-ring (bicyclic) bond motifs is 1. The molecule has 3 atom stereocenters. The van der Waals surface area contributed by atoms with Gasteiger partial charge in [-0.1, -0.05) is 18.6 Å². The lowest BCUT2D eigenvalue weighted by molar-refractivity contribution is 0.306.